The van der Waals surface area contributed by atoms with Crippen molar-refractivity contribution in [3.63, 3.8) is 0 Å². The first kappa shape index (κ1) is 34.3. The van der Waals surface area contributed by atoms with E-state index >= 15 is 0 Å². The maximum atomic E-state index is 6.02. The van der Waals surface area contributed by atoms with Crippen LogP contribution in [0.5, 0.6) is 5.75 Å². The topological polar surface area (TPSA) is 27.7 Å². The molecule has 2 aromatic rings. The summed E-state index contributed by atoms with van der Waals surface area (Å²) in [6.45, 7) is 27.0. The molecule has 2 rings (SSSR count). The molecule has 0 aliphatic heterocycles. The van der Waals surface area contributed by atoms with Crippen molar-refractivity contribution in [1.29, 1.82) is 0 Å². The molecule has 0 aliphatic rings. The van der Waals surface area contributed by atoms with Crippen molar-refractivity contribution in [3.05, 3.63) is 65.2 Å². The molecule has 0 atom stereocenters. The second-order valence-corrected chi connectivity index (χ2v) is 8.69. The van der Waals surface area contributed by atoms with E-state index in [1.165, 1.54) is 16.7 Å². The number of para-hydroxylation sites is 1. The van der Waals surface area contributed by atoms with Crippen molar-refractivity contribution in [2.45, 2.75) is 114 Å². The highest BCUT2D eigenvalue weighted by Crippen LogP contribution is 2.34. The van der Waals surface area contributed by atoms with Crippen LogP contribution in [0.1, 0.15) is 112 Å². The molecular weight excluding hydrogens is 420 g/mol. The fourth-order valence-corrected chi connectivity index (χ4v) is 2.91. The van der Waals surface area contributed by atoms with Crippen LogP contribution in [0.4, 0.5) is 0 Å². The molecule has 0 N–H and O–H groups in total. The van der Waals surface area contributed by atoms with Crippen molar-refractivity contribution in [3.8, 4) is 5.75 Å². The van der Waals surface area contributed by atoms with E-state index in [-0.39, 0.29) is 6.10 Å². The fraction of sp³-hybridized carbons (Fsp3) is 0.613. The van der Waals surface area contributed by atoms with Crippen molar-refractivity contribution in [1.82, 2.24) is 0 Å². The summed E-state index contributed by atoms with van der Waals surface area (Å²) in [7, 11) is 0. The Bertz CT molecular complexity index is 665. The Labute approximate surface area is 212 Å². The highest BCUT2D eigenvalue weighted by atomic mass is 16.5. The van der Waals surface area contributed by atoms with Crippen LogP contribution >= 0.6 is 0 Å². The first-order valence-electron chi connectivity index (χ1n) is 13.2. The van der Waals surface area contributed by atoms with Gasteiger partial charge in [0.15, 0.2) is 0 Å². The first-order valence-corrected chi connectivity index (χ1v) is 13.2. The summed E-state index contributed by atoms with van der Waals surface area (Å²) in [4.78, 5) is 0. The van der Waals surface area contributed by atoms with Gasteiger partial charge in [-0.3, -0.25) is 0 Å². The Balaban J connectivity index is 0. The Morgan fingerprint density at radius 3 is 1.44 bits per heavy atom. The zero-order valence-electron chi connectivity index (χ0n) is 24.3. The minimum Gasteiger partial charge on any atom is -0.491 e. The molecule has 0 spiro atoms. The first-order chi connectivity index (χ1) is 16.2. The van der Waals surface area contributed by atoms with Crippen LogP contribution in [-0.4, -0.2) is 25.4 Å². The molecule has 0 saturated carbocycles. The summed E-state index contributed by atoms with van der Waals surface area (Å²) >= 11 is 0. The Kier molecular flexibility index (Phi) is 21.9. The van der Waals surface area contributed by atoms with E-state index in [1.807, 2.05) is 73.6 Å². The van der Waals surface area contributed by atoms with Crippen LogP contribution in [0.15, 0.2) is 48.5 Å². The van der Waals surface area contributed by atoms with Crippen molar-refractivity contribution in [2.24, 2.45) is 0 Å². The van der Waals surface area contributed by atoms with Gasteiger partial charge in [-0.05, 0) is 56.2 Å². The lowest BCUT2D eigenvalue weighted by Gasteiger charge is -2.20. The van der Waals surface area contributed by atoms with E-state index in [0.717, 1.165) is 12.4 Å². The molecule has 0 bridgehead atoms. The van der Waals surface area contributed by atoms with E-state index in [0.29, 0.717) is 31.2 Å². The number of hydrogen-bond acceptors (Lipinski definition) is 3. The van der Waals surface area contributed by atoms with Crippen molar-refractivity contribution < 1.29 is 14.2 Å². The lowest BCUT2D eigenvalue weighted by atomic mass is 9.94. The van der Waals surface area contributed by atoms with Gasteiger partial charge in [0.05, 0.1) is 25.4 Å². The summed E-state index contributed by atoms with van der Waals surface area (Å²) in [6, 6.07) is 16.7. The Morgan fingerprint density at radius 2 is 1.03 bits per heavy atom. The SMILES string of the molecule is CC.CC.CC(C)OCCOc1c(C(C)C)cccc1C(C)C.CC(C)OCc1ccccc1. The van der Waals surface area contributed by atoms with Gasteiger partial charge < -0.3 is 14.2 Å². The molecule has 0 unspecified atom stereocenters. The van der Waals surface area contributed by atoms with E-state index < -0.39 is 0 Å². The van der Waals surface area contributed by atoms with Crippen molar-refractivity contribution in [2.75, 3.05) is 13.2 Å². The summed E-state index contributed by atoms with van der Waals surface area (Å²) in [5.74, 6) is 2.00. The van der Waals surface area contributed by atoms with Crippen LogP contribution in [-0.2, 0) is 16.1 Å². The molecule has 34 heavy (non-hydrogen) atoms. The average molecular weight is 475 g/mol. The summed E-state index contributed by atoms with van der Waals surface area (Å²) < 4.78 is 17.0. The largest absolute Gasteiger partial charge is 0.491 e. The van der Waals surface area contributed by atoms with E-state index in [9.17, 15) is 0 Å². The monoisotopic (exact) mass is 474 g/mol. The second kappa shape index (κ2) is 21.7. The maximum Gasteiger partial charge on any atom is 0.126 e. The number of ether oxygens (including phenoxy) is 3. The number of rotatable bonds is 10. The van der Waals surface area contributed by atoms with E-state index in [1.54, 1.807) is 0 Å². The zero-order valence-corrected chi connectivity index (χ0v) is 24.3. The molecule has 0 amide bonds. The van der Waals surface area contributed by atoms with Gasteiger partial charge in [-0.15, -0.1) is 0 Å². The van der Waals surface area contributed by atoms with Crippen LogP contribution < -0.4 is 4.74 Å². The summed E-state index contributed by atoms with van der Waals surface area (Å²) in [6.07, 6.45) is 0.573. The molecule has 0 heterocycles. The lowest BCUT2D eigenvalue weighted by molar-refractivity contribution is 0.0547. The summed E-state index contributed by atoms with van der Waals surface area (Å²) in [5.41, 5.74) is 3.81. The number of benzene rings is 2. The van der Waals surface area contributed by atoms with Gasteiger partial charge in [0.25, 0.3) is 0 Å². The third-order valence-electron chi connectivity index (χ3n) is 4.53. The van der Waals surface area contributed by atoms with Crippen LogP contribution in [0.3, 0.4) is 0 Å². The highest BCUT2D eigenvalue weighted by Gasteiger charge is 2.14. The quantitative estimate of drug-likeness (QED) is 0.321. The normalized spacial score (nSPS) is 10.2. The van der Waals surface area contributed by atoms with Crippen LogP contribution in [0, 0.1) is 0 Å². The molecule has 0 radical (unpaired) electrons. The van der Waals surface area contributed by atoms with Gasteiger partial charge in [-0.25, -0.2) is 0 Å². The van der Waals surface area contributed by atoms with E-state index in [4.69, 9.17) is 14.2 Å². The predicted molar refractivity (Wildman–Crippen MR) is 150 cm³/mol. The molecule has 0 aromatic heterocycles. The molecule has 3 heteroatoms. The van der Waals surface area contributed by atoms with Gasteiger partial charge in [0, 0.05) is 0 Å². The molecule has 3 nitrogen and oxygen atoms in total. The zero-order chi connectivity index (χ0) is 26.5. The predicted octanol–water partition coefficient (Wildman–Crippen LogP) is 9.40. The maximum absolute atomic E-state index is 6.02. The highest BCUT2D eigenvalue weighted by molar-refractivity contribution is 5.44. The molecule has 196 valence electrons. The third-order valence-corrected chi connectivity index (χ3v) is 4.53. The second-order valence-electron chi connectivity index (χ2n) is 8.69. The van der Waals surface area contributed by atoms with Crippen LogP contribution in [0.2, 0.25) is 0 Å². The minimum absolute atomic E-state index is 0.258. The van der Waals surface area contributed by atoms with Gasteiger partial charge in [0.2, 0.25) is 0 Å². The third kappa shape index (κ3) is 15.9. The molecule has 0 aliphatic carbocycles. The van der Waals surface area contributed by atoms with Gasteiger partial charge in [-0.2, -0.15) is 0 Å². The van der Waals surface area contributed by atoms with Crippen LogP contribution in [0.25, 0.3) is 0 Å². The Morgan fingerprint density at radius 1 is 0.559 bits per heavy atom. The smallest absolute Gasteiger partial charge is 0.126 e. The molecule has 2 aromatic carbocycles. The number of hydrogen-bond donors (Lipinski definition) is 0. The molecule has 0 fully saturated rings. The Hall–Kier alpha value is -1.84. The molecular formula is C31H54O3. The van der Waals surface area contributed by atoms with Gasteiger partial charge in [-0.1, -0.05) is 104 Å². The van der Waals surface area contributed by atoms with Gasteiger partial charge >= 0.3 is 0 Å². The summed E-state index contributed by atoms with van der Waals surface area (Å²) in [5, 5.41) is 0. The molecule has 0 saturated heterocycles. The van der Waals surface area contributed by atoms with Gasteiger partial charge in [0.1, 0.15) is 12.4 Å². The average Bonchev–Trinajstić information content (AvgIpc) is 2.83. The van der Waals surface area contributed by atoms with E-state index in [2.05, 4.69) is 58.0 Å². The lowest BCUT2D eigenvalue weighted by Crippen LogP contribution is -2.13. The minimum atomic E-state index is 0.258. The van der Waals surface area contributed by atoms with Crippen molar-refractivity contribution >= 4 is 0 Å². The standard InChI is InChI=1S/C17H28O2.C10H14O.2C2H6/c1-12(2)15-8-7-9-16(13(3)4)17(15)19-11-10-18-14(5)6;1-9(2)11-8-10-6-4-3-5-7-10;2*1-2/h7-9,12-14H,10-11H2,1-6H3;3-7,9H,8H2,1-2H3;2*1-2H3. The fourth-order valence-electron chi connectivity index (χ4n) is 2.91.